The van der Waals surface area contributed by atoms with E-state index in [2.05, 4.69) is 10.6 Å². The zero-order valence-electron chi connectivity index (χ0n) is 11.0. The van der Waals surface area contributed by atoms with Gasteiger partial charge in [-0.1, -0.05) is 0 Å². The molecule has 0 spiro atoms. The molecule has 1 atom stereocenters. The van der Waals surface area contributed by atoms with Crippen molar-refractivity contribution in [3.63, 3.8) is 0 Å². The number of nitrogens with zero attached hydrogens (tertiary/aromatic N) is 1. The predicted molar refractivity (Wildman–Crippen MR) is 83.1 cm³/mol. The summed E-state index contributed by atoms with van der Waals surface area (Å²) in [5.74, 6) is -0.335. The Kier molecular flexibility index (Phi) is 3.01. The molecule has 7 nitrogen and oxygen atoms in total. The third-order valence-corrected chi connectivity index (χ3v) is 4.70. The summed E-state index contributed by atoms with van der Waals surface area (Å²) in [5, 5.41) is 26.0. The molecule has 3 amide bonds. The van der Waals surface area contributed by atoms with Crippen LogP contribution < -0.4 is 10.6 Å². The van der Waals surface area contributed by atoms with Crippen molar-refractivity contribution in [2.75, 3.05) is 0 Å². The number of fused-ring (bicyclic) bond motifs is 1. The van der Waals surface area contributed by atoms with Crippen molar-refractivity contribution in [3.05, 3.63) is 21.9 Å². The Morgan fingerprint density at radius 2 is 2.00 bits per heavy atom. The summed E-state index contributed by atoms with van der Waals surface area (Å²) in [7, 11) is 0. The van der Waals surface area contributed by atoms with Crippen LogP contribution in [0.25, 0.3) is 10.8 Å². The lowest BCUT2D eigenvalue weighted by Crippen LogP contribution is -2.47. The van der Waals surface area contributed by atoms with Gasteiger partial charge in [0.1, 0.15) is 11.3 Å². The van der Waals surface area contributed by atoms with Crippen LogP contribution in [0, 0.1) is 3.57 Å². The van der Waals surface area contributed by atoms with Crippen molar-refractivity contribution in [3.8, 4) is 11.6 Å². The fourth-order valence-electron chi connectivity index (χ4n) is 2.43. The molecule has 0 aliphatic carbocycles. The van der Waals surface area contributed by atoms with Crippen molar-refractivity contribution in [1.29, 1.82) is 0 Å². The zero-order chi connectivity index (χ0) is 15.4. The van der Waals surface area contributed by atoms with Crippen LogP contribution in [-0.4, -0.2) is 32.3 Å². The number of amides is 3. The minimum Gasteiger partial charge on any atom is -0.507 e. The number of hydrogen-bond acceptors (Lipinski definition) is 4. The van der Waals surface area contributed by atoms with Gasteiger partial charge in [0.25, 0.3) is 5.91 Å². The maximum absolute atomic E-state index is 11.8. The van der Waals surface area contributed by atoms with Crippen LogP contribution in [-0.2, 0) is 11.3 Å². The number of phenolic OH excluding ortho intramolecular Hbond substituents is 1. The molecule has 1 unspecified atom stereocenters. The normalized spacial score (nSPS) is 21.6. The van der Waals surface area contributed by atoms with E-state index in [1.54, 1.807) is 19.2 Å². The fourth-order valence-corrected chi connectivity index (χ4v) is 3.04. The Bertz CT molecular complexity index is 785. The fraction of sp³-hybridized carbons (Fsp3) is 0.231. The van der Waals surface area contributed by atoms with E-state index < -0.39 is 17.5 Å². The Balaban J connectivity index is 2.06. The average molecular weight is 401 g/mol. The van der Waals surface area contributed by atoms with E-state index >= 15 is 0 Å². The number of phenols is 1. The van der Waals surface area contributed by atoms with E-state index in [-0.39, 0.29) is 18.2 Å². The molecule has 1 saturated heterocycles. The Hall–Kier alpha value is -1.97. The molecule has 1 fully saturated rings. The molecule has 2 aromatic rings. The van der Waals surface area contributed by atoms with Crippen molar-refractivity contribution in [2.45, 2.75) is 19.0 Å². The number of halogens is 1. The molecule has 0 saturated carbocycles. The molecule has 21 heavy (non-hydrogen) atoms. The van der Waals surface area contributed by atoms with Gasteiger partial charge in [-0.25, -0.2) is 4.79 Å². The zero-order valence-corrected chi connectivity index (χ0v) is 13.1. The van der Waals surface area contributed by atoms with Crippen LogP contribution in [0.15, 0.2) is 18.3 Å². The number of nitrogens with one attached hydrogen (secondary N) is 2. The average Bonchev–Trinajstić information content (AvgIpc) is 2.84. The molecule has 0 radical (unpaired) electrons. The standard InChI is InChI=1S/C13H12IN3O4/c1-13(11(20)15-12(21)16-13)5-17-4-7-6(10(17)19)2-3-8(18)9(7)14/h2-4,18-19H,5H2,1H3,(H2,15,16,20,21). The van der Waals surface area contributed by atoms with E-state index in [0.29, 0.717) is 14.3 Å². The topological polar surface area (TPSA) is 104 Å². The number of imide groups is 1. The minimum absolute atomic E-state index is 0.0157. The van der Waals surface area contributed by atoms with Crippen LogP contribution in [0.5, 0.6) is 11.6 Å². The first-order valence-electron chi connectivity index (χ1n) is 6.15. The molecule has 1 aromatic heterocycles. The Labute approximate surface area is 133 Å². The van der Waals surface area contributed by atoms with Crippen molar-refractivity contribution < 1.29 is 19.8 Å². The van der Waals surface area contributed by atoms with Gasteiger partial charge in [0.05, 0.1) is 10.1 Å². The summed E-state index contributed by atoms with van der Waals surface area (Å²) in [6.45, 7) is 1.67. The van der Waals surface area contributed by atoms with Crippen molar-refractivity contribution >= 4 is 45.3 Å². The number of benzene rings is 1. The second kappa shape index (κ2) is 4.52. The van der Waals surface area contributed by atoms with Crippen LogP contribution in [0.1, 0.15) is 6.92 Å². The van der Waals surface area contributed by atoms with E-state index in [4.69, 9.17) is 0 Å². The monoisotopic (exact) mass is 401 g/mol. The summed E-state index contributed by atoms with van der Waals surface area (Å²) < 4.78 is 2.10. The van der Waals surface area contributed by atoms with Crippen LogP contribution in [0.2, 0.25) is 0 Å². The maximum Gasteiger partial charge on any atom is 0.322 e. The van der Waals surface area contributed by atoms with E-state index in [1.165, 1.54) is 10.6 Å². The van der Waals surface area contributed by atoms with Crippen LogP contribution in [0.4, 0.5) is 4.79 Å². The molecule has 2 heterocycles. The SMILES string of the molecule is CC1(Cn2cc3c(I)c(O)ccc3c2O)NC(=O)NC1=O. The summed E-state index contributed by atoms with van der Waals surface area (Å²) in [6, 6.07) is 2.56. The number of aromatic nitrogens is 1. The van der Waals surface area contributed by atoms with Gasteiger partial charge >= 0.3 is 6.03 Å². The van der Waals surface area contributed by atoms with Gasteiger partial charge in [-0.2, -0.15) is 0 Å². The minimum atomic E-state index is -1.13. The summed E-state index contributed by atoms with van der Waals surface area (Å²) in [5.41, 5.74) is -1.13. The second-order valence-electron chi connectivity index (χ2n) is 5.18. The first kappa shape index (κ1) is 14.0. The maximum atomic E-state index is 11.8. The highest BCUT2D eigenvalue weighted by molar-refractivity contribution is 14.1. The number of carbonyl (C=O) groups excluding carboxylic acids is 2. The van der Waals surface area contributed by atoms with Gasteiger partial charge in [-0.3, -0.25) is 10.1 Å². The highest BCUT2D eigenvalue weighted by Gasteiger charge is 2.42. The van der Waals surface area contributed by atoms with Gasteiger partial charge in [-0.05, 0) is 41.6 Å². The smallest absolute Gasteiger partial charge is 0.322 e. The van der Waals surface area contributed by atoms with E-state index in [0.717, 1.165) is 0 Å². The largest absolute Gasteiger partial charge is 0.507 e. The number of carbonyl (C=O) groups is 2. The Morgan fingerprint density at radius 1 is 1.29 bits per heavy atom. The summed E-state index contributed by atoms with van der Waals surface area (Å²) in [4.78, 5) is 23.1. The first-order valence-corrected chi connectivity index (χ1v) is 7.22. The predicted octanol–water partition coefficient (Wildman–Crippen LogP) is 1.26. The third-order valence-electron chi connectivity index (χ3n) is 3.56. The molecule has 0 bridgehead atoms. The lowest BCUT2D eigenvalue weighted by molar-refractivity contribution is -0.123. The second-order valence-corrected chi connectivity index (χ2v) is 6.26. The number of hydrogen-bond donors (Lipinski definition) is 4. The molecule has 8 heteroatoms. The molecule has 110 valence electrons. The summed E-state index contributed by atoms with van der Waals surface area (Å²) >= 11 is 1.98. The van der Waals surface area contributed by atoms with Gasteiger partial charge < -0.3 is 20.1 Å². The highest BCUT2D eigenvalue weighted by Crippen LogP contribution is 2.35. The molecular weight excluding hydrogens is 389 g/mol. The third kappa shape index (κ3) is 2.09. The van der Waals surface area contributed by atoms with E-state index in [1.807, 2.05) is 22.6 Å². The molecule has 3 rings (SSSR count). The van der Waals surface area contributed by atoms with Crippen LogP contribution >= 0.6 is 22.6 Å². The molecule has 1 aliphatic heterocycles. The Morgan fingerprint density at radius 3 is 2.62 bits per heavy atom. The highest BCUT2D eigenvalue weighted by atomic mass is 127. The van der Waals surface area contributed by atoms with Gasteiger partial charge in [0.2, 0.25) is 0 Å². The lowest BCUT2D eigenvalue weighted by Gasteiger charge is -2.21. The molecule has 1 aliphatic rings. The van der Waals surface area contributed by atoms with Crippen molar-refractivity contribution in [2.24, 2.45) is 0 Å². The van der Waals surface area contributed by atoms with Crippen LogP contribution in [0.3, 0.4) is 0 Å². The lowest BCUT2D eigenvalue weighted by atomic mass is 10.0. The molecular formula is C13H12IN3O4. The number of urea groups is 1. The number of rotatable bonds is 2. The first-order chi connectivity index (χ1) is 9.82. The number of aromatic hydroxyl groups is 2. The molecule has 1 aromatic carbocycles. The molecule has 4 N–H and O–H groups in total. The summed E-state index contributed by atoms with van der Waals surface area (Å²) in [6.07, 6.45) is 1.65. The van der Waals surface area contributed by atoms with Gasteiger partial charge in [0.15, 0.2) is 5.88 Å². The van der Waals surface area contributed by atoms with Crippen molar-refractivity contribution in [1.82, 2.24) is 15.2 Å². The van der Waals surface area contributed by atoms with Gasteiger partial charge in [0, 0.05) is 17.0 Å². The van der Waals surface area contributed by atoms with Gasteiger partial charge in [-0.15, -0.1) is 0 Å². The van der Waals surface area contributed by atoms with E-state index in [9.17, 15) is 19.8 Å². The quantitative estimate of drug-likeness (QED) is 0.449.